The Morgan fingerprint density at radius 3 is 2.53 bits per heavy atom. The number of alkyl halides is 1. The molecular weight excluding hydrogens is 262 g/mol. The first kappa shape index (κ1) is 13.7. The first-order valence-electron chi connectivity index (χ1n) is 6.16. The number of aromatic nitrogens is 1. The Balaban J connectivity index is 2.13. The summed E-state index contributed by atoms with van der Waals surface area (Å²) in [4.78, 5) is 11.6. The van der Waals surface area contributed by atoms with Crippen LogP contribution in [0.5, 0.6) is 5.75 Å². The van der Waals surface area contributed by atoms with E-state index >= 15 is 0 Å². The summed E-state index contributed by atoms with van der Waals surface area (Å²) in [6.45, 7) is 0.620. The minimum absolute atomic E-state index is 0.0139. The molecule has 0 bridgehead atoms. The van der Waals surface area contributed by atoms with Crippen molar-refractivity contribution >= 4 is 11.6 Å². The predicted molar refractivity (Wildman–Crippen MR) is 78.0 cm³/mol. The molecule has 0 amide bonds. The van der Waals surface area contributed by atoms with E-state index in [1.54, 1.807) is 23.9 Å². The lowest BCUT2D eigenvalue weighted by Crippen LogP contribution is -2.14. The topological polar surface area (TPSA) is 31.2 Å². The molecule has 100 valence electrons. The number of pyridine rings is 1. The first-order valence-corrected chi connectivity index (χ1v) is 6.70. The van der Waals surface area contributed by atoms with Crippen molar-refractivity contribution in [2.45, 2.75) is 6.42 Å². The molecule has 0 radical (unpaired) electrons. The standard InChI is InChI=1S/C15H16ClNO2/c1-17-9-7-13(11-15(17)18)12-3-5-14(6-4-12)19-10-2-8-16/h3-7,9,11H,2,8,10H2,1H3. The van der Waals surface area contributed by atoms with Gasteiger partial charge in [-0.05, 0) is 35.7 Å². The van der Waals surface area contributed by atoms with Gasteiger partial charge in [0.15, 0.2) is 0 Å². The van der Waals surface area contributed by atoms with Crippen molar-refractivity contribution < 1.29 is 4.74 Å². The van der Waals surface area contributed by atoms with Crippen molar-refractivity contribution in [2.24, 2.45) is 7.05 Å². The molecule has 3 nitrogen and oxygen atoms in total. The van der Waals surface area contributed by atoms with Crippen LogP contribution < -0.4 is 10.3 Å². The second-order valence-corrected chi connectivity index (χ2v) is 4.66. The van der Waals surface area contributed by atoms with Crippen LogP contribution >= 0.6 is 11.6 Å². The maximum atomic E-state index is 11.6. The minimum atomic E-state index is -0.0139. The number of rotatable bonds is 5. The van der Waals surface area contributed by atoms with E-state index in [1.165, 1.54) is 0 Å². The van der Waals surface area contributed by atoms with Crippen LogP contribution in [0.2, 0.25) is 0 Å². The summed E-state index contributed by atoms with van der Waals surface area (Å²) in [5.74, 6) is 1.42. The lowest BCUT2D eigenvalue weighted by Gasteiger charge is -2.07. The third-order valence-corrected chi connectivity index (χ3v) is 3.11. The van der Waals surface area contributed by atoms with Crippen LogP contribution in [0.1, 0.15) is 6.42 Å². The highest BCUT2D eigenvalue weighted by atomic mass is 35.5. The van der Waals surface area contributed by atoms with Crippen molar-refractivity contribution in [2.75, 3.05) is 12.5 Å². The van der Waals surface area contributed by atoms with Crippen LogP contribution in [-0.2, 0) is 7.05 Å². The van der Waals surface area contributed by atoms with Gasteiger partial charge in [0.05, 0.1) is 6.61 Å². The lowest BCUT2D eigenvalue weighted by molar-refractivity contribution is 0.318. The van der Waals surface area contributed by atoms with Crippen LogP contribution in [0.4, 0.5) is 0 Å². The van der Waals surface area contributed by atoms with Crippen LogP contribution in [0.15, 0.2) is 47.4 Å². The van der Waals surface area contributed by atoms with Gasteiger partial charge < -0.3 is 9.30 Å². The molecule has 0 N–H and O–H groups in total. The van der Waals surface area contributed by atoms with Gasteiger partial charge in [-0.25, -0.2) is 0 Å². The van der Waals surface area contributed by atoms with E-state index < -0.39 is 0 Å². The highest BCUT2D eigenvalue weighted by Crippen LogP contribution is 2.21. The van der Waals surface area contributed by atoms with Gasteiger partial charge in [0.1, 0.15) is 5.75 Å². The molecule has 0 unspecified atom stereocenters. The molecule has 0 fully saturated rings. The molecule has 0 aliphatic rings. The Morgan fingerprint density at radius 2 is 1.89 bits per heavy atom. The van der Waals surface area contributed by atoms with Gasteiger partial charge in [0.2, 0.25) is 0 Å². The monoisotopic (exact) mass is 277 g/mol. The van der Waals surface area contributed by atoms with Gasteiger partial charge in [-0.3, -0.25) is 4.79 Å². The fourth-order valence-corrected chi connectivity index (χ4v) is 1.83. The normalized spacial score (nSPS) is 10.4. The summed E-state index contributed by atoms with van der Waals surface area (Å²) >= 11 is 5.59. The third kappa shape index (κ3) is 3.61. The number of halogens is 1. The van der Waals surface area contributed by atoms with Crippen molar-refractivity contribution in [1.29, 1.82) is 0 Å². The zero-order valence-electron chi connectivity index (χ0n) is 10.8. The number of hydrogen-bond donors (Lipinski definition) is 0. The minimum Gasteiger partial charge on any atom is -0.494 e. The van der Waals surface area contributed by atoms with E-state index in [4.69, 9.17) is 16.3 Å². The van der Waals surface area contributed by atoms with Gasteiger partial charge in [-0.2, -0.15) is 0 Å². The van der Waals surface area contributed by atoms with Crippen molar-refractivity contribution in [3.05, 3.63) is 52.9 Å². The van der Waals surface area contributed by atoms with Crippen molar-refractivity contribution in [3.8, 4) is 16.9 Å². The summed E-state index contributed by atoms with van der Waals surface area (Å²) in [5, 5.41) is 0. The quantitative estimate of drug-likeness (QED) is 0.621. The molecule has 1 aromatic carbocycles. The molecule has 4 heteroatoms. The van der Waals surface area contributed by atoms with E-state index in [2.05, 4.69) is 0 Å². The first-order chi connectivity index (χ1) is 9.20. The average molecular weight is 278 g/mol. The van der Waals surface area contributed by atoms with Crippen LogP contribution in [-0.4, -0.2) is 17.1 Å². The summed E-state index contributed by atoms with van der Waals surface area (Å²) in [7, 11) is 1.74. The zero-order chi connectivity index (χ0) is 13.7. The van der Waals surface area contributed by atoms with E-state index in [0.29, 0.717) is 12.5 Å². The second-order valence-electron chi connectivity index (χ2n) is 4.28. The maximum Gasteiger partial charge on any atom is 0.250 e. The van der Waals surface area contributed by atoms with E-state index in [0.717, 1.165) is 23.3 Å². The Labute approximate surface area is 117 Å². The summed E-state index contributed by atoms with van der Waals surface area (Å²) in [6, 6.07) is 11.3. The molecule has 0 saturated carbocycles. The maximum absolute atomic E-state index is 11.6. The molecule has 0 atom stereocenters. The molecule has 19 heavy (non-hydrogen) atoms. The Hall–Kier alpha value is -1.74. The molecule has 2 rings (SSSR count). The van der Waals surface area contributed by atoms with Crippen LogP contribution in [0.3, 0.4) is 0 Å². The Kier molecular flexibility index (Phi) is 4.63. The molecule has 1 heterocycles. The van der Waals surface area contributed by atoms with Gasteiger partial charge in [-0.15, -0.1) is 11.6 Å². The van der Waals surface area contributed by atoms with Gasteiger partial charge in [0, 0.05) is 25.2 Å². The highest BCUT2D eigenvalue weighted by Gasteiger charge is 2.00. The number of nitrogens with zero attached hydrogens (tertiary/aromatic N) is 1. The van der Waals surface area contributed by atoms with Crippen LogP contribution in [0.25, 0.3) is 11.1 Å². The molecule has 0 saturated heterocycles. The van der Waals surface area contributed by atoms with Crippen molar-refractivity contribution in [3.63, 3.8) is 0 Å². The summed E-state index contributed by atoms with van der Waals surface area (Å²) < 4.78 is 7.08. The second kappa shape index (κ2) is 6.43. The Bertz CT molecular complexity index is 590. The van der Waals surface area contributed by atoms with Gasteiger partial charge in [0.25, 0.3) is 5.56 Å². The zero-order valence-corrected chi connectivity index (χ0v) is 11.6. The van der Waals surface area contributed by atoms with E-state index in [-0.39, 0.29) is 5.56 Å². The summed E-state index contributed by atoms with van der Waals surface area (Å²) in [6.07, 6.45) is 2.60. The fourth-order valence-electron chi connectivity index (χ4n) is 1.72. The predicted octanol–water partition coefficient (Wildman–Crippen LogP) is 3.06. The molecular formula is C15H16ClNO2. The number of benzene rings is 1. The third-order valence-electron chi connectivity index (χ3n) is 2.84. The van der Waals surface area contributed by atoms with Crippen LogP contribution in [0, 0.1) is 0 Å². The molecule has 0 aliphatic heterocycles. The average Bonchev–Trinajstić information content (AvgIpc) is 2.43. The highest BCUT2D eigenvalue weighted by molar-refractivity contribution is 6.17. The number of aryl methyl sites for hydroxylation is 1. The van der Waals surface area contributed by atoms with E-state index in [1.807, 2.05) is 30.3 Å². The largest absolute Gasteiger partial charge is 0.494 e. The smallest absolute Gasteiger partial charge is 0.250 e. The van der Waals surface area contributed by atoms with Gasteiger partial charge in [-0.1, -0.05) is 12.1 Å². The van der Waals surface area contributed by atoms with Crippen molar-refractivity contribution in [1.82, 2.24) is 4.57 Å². The van der Waals surface area contributed by atoms with Gasteiger partial charge >= 0.3 is 0 Å². The molecule has 0 aliphatic carbocycles. The number of ether oxygens (including phenoxy) is 1. The Morgan fingerprint density at radius 1 is 1.16 bits per heavy atom. The fraction of sp³-hybridized carbons (Fsp3) is 0.267. The van der Waals surface area contributed by atoms with E-state index in [9.17, 15) is 4.79 Å². The SMILES string of the molecule is Cn1ccc(-c2ccc(OCCCCl)cc2)cc1=O. The molecule has 0 spiro atoms. The molecule has 1 aromatic heterocycles. The lowest BCUT2D eigenvalue weighted by atomic mass is 10.1. The summed E-state index contributed by atoms with van der Waals surface area (Å²) in [5.41, 5.74) is 1.90. The molecule has 2 aromatic rings. The number of hydrogen-bond acceptors (Lipinski definition) is 2.